The van der Waals surface area contributed by atoms with Crippen LogP contribution in [0.4, 0.5) is 0 Å². The third-order valence-electron chi connectivity index (χ3n) is 4.17. The van der Waals surface area contributed by atoms with Gasteiger partial charge in [-0.25, -0.2) is 8.42 Å². The number of benzene rings is 1. The second kappa shape index (κ2) is 5.85. The van der Waals surface area contributed by atoms with Crippen molar-refractivity contribution in [1.82, 2.24) is 9.46 Å². The zero-order valence-corrected chi connectivity index (χ0v) is 13.6. The van der Waals surface area contributed by atoms with Gasteiger partial charge >= 0.3 is 0 Å². The number of sulfonamides is 1. The van der Waals surface area contributed by atoms with Crippen molar-refractivity contribution in [3.8, 4) is 0 Å². The van der Waals surface area contributed by atoms with Gasteiger partial charge in [-0.1, -0.05) is 35.5 Å². The maximum absolute atomic E-state index is 12.8. The quantitative estimate of drug-likeness (QED) is 0.869. The van der Waals surface area contributed by atoms with Gasteiger partial charge in [-0.15, -0.1) is 0 Å². The second-order valence-electron chi connectivity index (χ2n) is 5.75. The molecule has 1 fully saturated rings. The van der Waals surface area contributed by atoms with Gasteiger partial charge in [0, 0.05) is 12.1 Å². The van der Waals surface area contributed by atoms with E-state index in [1.165, 1.54) is 0 Å². The molecule has 0 aliphatic carbocycles. The van der Waals surface area contributed by atoms with Crippen molar-refractivity contribution < 1.29 is 12.9 Å². The molecule has 3 rings (SSSR count). The standard InChI is InChI=1S/C16H20N2O3S/c1-12-16(13(2)21-17-12)15-9-6-10-18(15)22(19,20)11-14-7-4-3-5-8-14/h3-5,7-8,15H,6,9-11H2,1-2H3/t15-/m1/s1. The number of hydrogen-bond acceptors (Lipinski definition) is 4. The van der Waals surface area contributed by atoms with Crippen LogP contribution >= 0.6 is 0 Å². The maximum atomic E-state index is 12.8. The lowest BCUT2D eigenvalue weighted by Gasteiger charge is -2.24. The SMILES string of the molecule is Cc1noc(C)c1[C@H]1CCCN1S(=O)(=O)Cc1ccccc1. The number of aromatic nitrogens is 1. The number of aryl methyl sites for hydroxylation is 2. The van der Waals surface area contributed by atoms with E-state index in [9.17, 15) is 8.42 Å². The van der Waals surface area contributed by atoms with Gasteiger partial charge in [-0.3, -0.25) is 0 Å². The van der Waals surface area contributed by atoms with Crippen LogP contribution in [0.15, 0.2) is 34.9 Å². The lowest BCUT2D eigenvalue weighted by atomic mass is 10.0. The summed E-state index contributed by atoms with van der Waals surface area (Å²) in [6, 6.07) is 9.15. The molecule has 2 heterocycles. The Morgan fingerprint density at radius 2 is 2.00 bits per heavy atom. The first-order valence-corrected chi connectivity index (χ1v) is 9.06. The van der Waals surface area contributed by atoms with Crippen LogP contribution in [0.3, 0.4) is 0 Å². The largest absolute Gasteiger partial charge is 0.361 e. The van der Waals surface area contributed by atoms with Crippen molar-refractivity contribution in [2.75, 3.05) is 6.54 Å². The smallest absolute Gasteiger partial charge is 0.218 e. The predicted molar refractivity (Wildman–Crippen MR) is 83.7 cm³/mol. The molecule has 1 atom stereocenters. The molecule has 1 saturated heterocycles. The summed E-state index contributed by atoms with van der Waals surface area (Å²) in [5.41, 5.74) is 2.52. The highest BCUT2D eigenvalue weighted by atomic mass is 32.2. The fraction of sp³-hybridized carbons (Fsp3) is 0.438. The van der Waals surface area contributed by atoms with Crippen LogP contribution in [0.2, 0.25) is 0 Å². The minimum absolute atomic E-state index is 0.0354. The molecule has 0 amide bonds. The van der Waals surface area contributed by atoms with Gasteiger partial charge in [0.1, 0.15) is 5.76 Å². The molecule has 0 spiro atoms. The topological polar surface area (TPSA) is 63.4 Å². The van der Waals surface area contributed by atoms with Gasteiger partial charge < -0.3 is 4.52 Å². The van der Waals surface area contributed by atoms with E-state index in [1.54, 1.807) is 4.31 Å². The molecule has 5 nitrogen and oxygen atoms in total. The van der Waals surface area contributed by atoms with E-state index >= 15 is 0 Å². The van der Waals surface area contributed by atoms with Crippen LogP contribution in [-0.4, -0.2) is 24.4 Å². The Bertz CT molecular complexity index is 733. The Hall–Kier alpha value is -1.66. The summed E-state index contributed by atoms with van der Waals surface area (Å²) in [5, 5.41) is 3.96. The van der Waals surface area contributed by atoms with Gasteiger partial charge in [0.25, 0.3) is 0 Å². The van der Waals surface area contributed by atoms with Crippen LogP contribution in [0.25, 0.3) is 0 Å². The molecule has 1 aromatic carbocycles. The molecule has 118 valence electrons. The average molecular weight is 320 g/mol. The van der Waals surface area contributed by atoms with Crippen LogP contribution in [0, 0.1) is 13.8 Å². The zero-order chi connectivity index (χ0) is 15.7. The Kier molecular flexibility index (Phi) is 4.06. The average Bonchev–Trinajstić information content (AvgIpc) is 3.07. The van der Waals surface area contributed by atoms with E-state index in [1.807, 2.05) is 44.2 Å². The lowest BCUT2D eigenvalue weighted by molar-refractivity contribution is 0.376. The van der Waals surface area contributed by atoms with Crippen LogP contribution in [0.1, 0.15) is 41.5 Å². The number of nitrogens with zero attached hydrogens (tertiary/aromatic N) is 2. The molecule has 1 aromatic heterocycles. The Balaban J connectivity index is 1.89. The first-order valence-electron chi connectivity index (χ1n) is 7.45. The highest BCUT2D eigenvalue weighted by Crippen LogP contribution is 2.38. The first-order chi connectivity index (χ1) is 10.5. The molecule has 0 saturated carbocycles. The molecular weight excluding hydrogens is 300 g/mol. The summed E-state index contributed by atoms with van der Waals surface area (Å²) in [4.78, 5) is 0. The monoisotopic (exact) mass is 320 g/mol. The van der Waals surface area contributed by atoms with E-state index in [4.69, 9.17) is 4.52 Å². The fourth-order valence-electron chi connectivity index (χ4n) is 3.20. The minimum atomic E-state index is -3.36. The normalized spacial score (nSPS) is 19.6. The van der Waals surface area contributed by atoms with Crippen molar-refractivity contribution in [2.24, 2.45) is 0 Å². The van der Waals surface area contributed by atoms with E-state index < -0.39 is 10.0 Å². The Morgan fingerprint density at radius 3 is 2.64 bits per heavy atom. The molecule has 0 radical (unpaired) electrons. The van der Waals surface area contributed by atoms with Crippen molar-refractivity contribution in [3.63, 3.8) is 0 Å². The third kappa shape index (κ3) is 2.80. The highest BCUT2D eigenvalue weighted by Gasteiger charge is 2.37. The maximum Gasteiger partial charge on any atom is 0.218 e. The van der Waals surface area contributed by atoms with Crippen molar-refractivity contribution in [1.29, 1.82) is 0 Å². The van der Waals surface area contributed by atoms with Crippen LogP contribution < -0.4 is 0 Å². The van der Waals surface area contributed by atoms with Crippen LogP contribution in [0.5, 0.6) is 0 Å². The summed E-state index contributed by atoms with van der Waals surface area (Å²) in [7, 11) is -3.36. The minimum Gasteiger partial charge on any atom is -0.361 e. The molecular formula is C16H20N2O3S. The van der Waals surface area contributed by atoms with Gasteiger partial charge in [0.05, 0.1) is 17.5 Å². The molecule has 0 unspecified atom stereocenters. The molecule has 6 heteroatoms. The zero-order valence-electron chi connectivity index (χ0n) is 12.8. The molecule has 0 bridgehead atoms. The Morgan fingerprint density at radius 1 is 1.27 bits per heavy atom. The van der Waals surface area contributed by atoms with Gasteiger partial charge in [-0.2, -0.15) is 4.31 Å². The summed E-state index contributed by atoms with van der Waals surface area (Å²) < 4.78 is 32.4. The summed E-state index contributed by atoms with van der Waals surface area (Å²) in [5.74, 6) is 0.748. The predicted octanol–water partition coefficient (Wildman–Crippen LogP) is 2.96. The first kappa shape index (κ1) is 15.2. The molecule has 22 heavy (non-hydrogen) atoms. The van der Waals surface area contributed by atoms with Crippen LogP contribution in [-0.2, 0) is 15.8 Å². The molecule has 0 N–H and O–H groups in total. The van der Waals surface area contributed by atoms with Crippen molar-refractivity contribution in [3.05, 3.63) is 52.9 Å². The number of hydrogen-bond donors (Lipinski definition) is 0. The summed E-state index contributed by atoms with van der Waals surface area (Å²) >= 11 is 0. The van der Waals surface area contributed by atoms with E-state index in [0.717, 1.165) is 29.7 Å². The van der Waals surface area contributed by atoms with Gasteiger partial charge in [0.2, 0.25) is 10.0 Å². The van der Waals surface area contributed by atoms with Crippen molar-refractivity contribution in [2.45, 2.75) is 38.5 Å². The summed E-state index contributed by atoms with van der Waals surface area (Å²) in [6.45, 7) is 4.27. The molecule has 1 aliphatic heterocycles. The Labute approximate surface area is 131 Å². The third-order valence-corrected chi connectivity index (χ3v) is 6.02. The highest BCUT2D eigenvalue weighted by molar-refractivity contribution is 7.88. The van der Waals surface area contributed by atoms with Gasteiger partial charge in [-0.05, 0) is 32.3 Å². The van der Waals surface area contributed by atoms with E-state index in [0.29, 0.717) is 12.3 Å². The van der Waals surface area contributed by atoms with Crippen molar-refractivity contribution >= 4 is 10.0 Å². The van der Waals surface area contributed by atoms with Gasteiger partial charge in [0.15, 0.2) is 0 Å². The molecule has 1 aliphatic rings. The van der Waals surface area contributed by atoms with E-state index in [2.05, 4.69) is 5.16 Å². The fourth-order valence-corrected chi connectivity index (χ4v) is 4.98. The second-order valence-corrected chi connectivity index (χ2v) is 7.67. The van der Waals surface area contributed by atoms with E-state index in [-0.39, 0.29) is 11.8 Å². The molecule has 2 aromatic rings. The lowest BCUT2D eigenvalue weighted by Crippen LogP contribution is -2.32. The number of rotatable bonds is 4. The summed E-state index contributed by atoms with van der Waals surface area (Å²) in [6.07, 6.45) is 1.68.